The van der Waals surface area contributed by atoms with Gasteiger partial charge >= 0.3 is 0 Å². The van der Waals surface area contributed by atoms with Gasteiger partial charge in [0.2, 0.25) is 0 Å². The maximum atomic E-state index is 5.93. The van der Waals surface area contributed by atoms with Crippen LogP contribution >= 0.6 is 0 Å². The normalized spacial score (nSPS) is 21.8. The van der Waals surface area contributed by atoms with Crippen molar-refractivity contribution in [3.8, 4) is 0 Å². The molecule has 0 radical (unpaired) electrons. The largest absolute Gasteiger partial charge is 0.397 e. The number of nitrogens with two attached hydrogens (primary N) is 1. The van der Waals surface area contributed by atoms with E-state index in [1.54, 1.807) is 0 Å². The molecule has 1 aromatic rings. The van der Waals surface area contributed by atoms with Gasteiger partial charge in [-0.25, -0.2) is 0 Å². The lowest BCUT2D eigenvalue weighted by Gasteiger charge is -2.27. The van der Waals surface area contributed by atoms with E-state index in [1.807, 2.05) is 18.3 Å². The molecule has 1 fully saturated rings. The Morgan fingerprint density at radius 2 is 2.38 bits per heavy atom. The Kier molecular flexibility index (Phi) is 3.44. The Labute approximate surface area is 97.7 Å². The number of anilines is 1. The van der Waals surface area contributed by atoms with Crippen LogP contribution in [0.2, 0.25) is 0 Å². The van der Waals surface area contributed by atoms with E-state index in [0.717, 1.165) is 17.9 Å². The number of aromatic nitrogens is 1. The predicted molar refractivity (Wildman–Crippen MR) is 66.9 cm³/mol. The third-order valence-electron chi connectivity index (χ3n) is 3.46. The molecule has 3 nitrogen and oxygen atoms in total. The van der Waals surface area contributed by atoms with Gasteiger partial charge in [0.25, 0.3) is 0 Å². The van der Waals surface area contributed by atoms with E-state index >= 15 is 0 Å². The van der Waals surface area contributed by atoms with Crippen LogP contribution in [-0.2, 0) is 6.54 Å². The van der Waals surface area contributed by atoms with Crippen LogP contribution in [0.15, 0.2) is 18.3 Å². The summed E-state index contributed by atoms with van der Waals surface area (Å²) in [7, 11) is 0. The summed E-state index contributed by atoms with van der Waals surface area (Å²) in [5, 5.41) is 0. The van der Waals surface area contributed by atoms with E-state index < -0.39 is 0 Å². The van der Waals surface area contributed by atoms with Crippen LogP contribution < -0.4 is 5.73 Å². The molecule has 0 spiro atoms. The molecule has 16 heavy (non-hydrogen) atoms. The molecule has 0 amide bonds. The summed E-state index contributed by atoms with van der Waals surface area (Å²) >= 11 is 0. The third kappa shape index (κ3) is 2.35. The van der Waals surface area contributed by atoms with Crippen LogP contribution in [0.25, 0.3) is 0 Å². The topological polar surface area (TPSA) is 42.2 Å². The highest BCUT2D eigenvalue weighted by Crippen LogP contribution is 2.26. The van der Waals surface area contributed by atoms with Gasteiger partial charge < -0.3 is 5.73 Å². The second kappa shape index (κ2) is 4.83. The van der Waals surface area contributed by atoms with E-state index in [1.165, 1.54) is 19.4 Å². The standard InChI is InChI=1S/C13H21N3/c1-10(2)13-6-4-8-16(13)9-12-11(14)5-3-7-15-12/h3,5,7,10,13H,4,6,8-9,14H2,1-2H3. The minimum Gasteiger partial charge on any atom is -0.397 e. The molecule has 0 bridgehead atoms. The average Bonchev–Trinajstić information content (AvgIpc) is 2.69. The third-order valence-corrected chi connectivity index (χ3v) is 3.46. The molecule has 1 saturated heterocycles. The molecule has 1 aliphatic rings. The van der Waals surface area contributed by atoms with E-state index in [9.17, 15) is 0 Å². The summed E-state index contributed by atoms with van der Waals surface area (Å²) in [5.41, 5.74) is 7.77. The number of nitrogen functional groups attached to an aromatic ring is 1. The van der Waals surface area contributed by atoms with E-state index in [0.29, 0.717) is 12.0 Å². The van der Waals surface area contributed by atoms with Crippen molar-refractivity contribution in [2.75, 3.05) is 12.3 Å². The Morgan fingerprint density at radius 1 is 1.56 bits per heavy atom. The highest BCUT2D eigenvalue weighted by atomic mass is 15.2. The van der Waals surface area contributed by atoms with E-state index in [4.69, 9.17) is 5.73 Å². The maximum absolute atomic E-state index is 5.93. The quantitative estimate of drug-likeness (QED) is 0.848. The van der Waals surface area contributed by atoms with Crippen molar-refractivity contribution < 1.29 is 0 Å². The molecule has 1 aromatic heterocycles. The molecule has 2 heterocycles. The smallest absolute Gasteiger partial charge is 0.0772 e. The molecule has 2 N–H and O–H groups in total. The van der Waals surface area contributed by atoms with Crippen molar-refractivity contribution in [3.63, 3.8) is 0 Å². The van der Waals surface area contributed by atoms with Crippen molar-refractivity contribution in [1.82, 2.24) is 9.88 Å². The first-order valence-corrected chi connectivity index (χ1v) is 6.12. The van der Waals surface area contributed by atoms with Gasteiger partial charge in [0, 0.05) is 18.8 Å². The fraction of sp³-hybridized carbons (Fsp3) is 0.615. The number of pyridine rings is 1. The number of nitrogens with zero attached hydrogens (tertiary/aromatic N) is 2. The lowest BCUT2D eigenvalue weighted by atomic mass is 10.0. The molecule has 1 atom stereocenters. The minimum absolute atomic E-state index is 0.696. The summed E-state index contributed by atoms with van der Waals surface area (Å²) in [4.78, 5) is 6.89. The highest BCUT2D eigenvalue weighted by molar-refractivity contribution is 5.41. The van der Waals surface area contributed by atoms with Crippen molar-refractivity contribution in [2.24, 2.45) is 5.92 Å². The van der Waals surface area contributed by atoms with Crippen LogP contribution in [0, 0.1) is 5.92 Å². The van der Waals surface area contributed by atoms with Crippen LogP contribution in [0.3, 0.4) is 0 Å². The number of hydrogen-bond acceptors (Lipinski definition) is 3. The van der Waals surface area contributed by atoms with Crippen LogP contribution in [0.4, 0.5) is 5.69 Å². The Hall–Kier alpha value is -1.09. The highest BCUT2D eigenvalue weighted by Gasteiger charge is 2.27. The first-order chi connectivity index (χ1) is 7.68. The second-order valence-electron chi connectivity index (χ2n) is 4.96. The van der Waals surface area contributed by atoms with Gasteiger partial charge in [-0.3, -0.25) is 9.88 Å². The van der Waals surface area contributed by atoms with Crippen LogP contribution in [0.5, 0.6) is 0 Å². The van der Waals surface area contributed by atoms with Crippen LogP contribution in [0.1, 0.15) is 32.4 Å². The minimum atomic E-state index is 0.696. The Morgan fingerprint density at radius 3 is 3.06 bits per heavy atom. The van der Waals surface area contributed by atoms with Crippen molar-refractivity contribution >= 4 is 5.69 Å². The lowest BCUT2D eigenvalue weighted by Crippen LogP contribution is -2.33. The molecule has 1 unspecified atom stereocenters. The zero-order valence-corrected chi connectivity index (χ0v) is 10.2. The molecule has 3 heteroatoms. The Bertz CT molecular complexity index is 349. The Balaban J connectivity index is 2.07. The fourth-order valence-corrected chi connectivity index (χ4v) is 2.58. The van der Waals surface area contributed by atoms with Gasteiger partial charge in [-0.05, 0) is 37.4 Å². The predicted octanol–water partition coefficient (Wildman–Crippen LogP) is 2.28. The molecule has 2 rings (SSSR count). The molecule has 0 aromatic carbocycles. The summed E-state index contributed by atoms with van der Waals surface area (Å²) in [6.45, 7) is 6.67. The van der Waals surface area contributed by atoms with Gasteiger partial charge in [0.1, 0.15) is 0 Å². The van der Waals surface area contributed by atoms with E-state index in [2.05, 4.69) is 23.7 Å². The van der Waals surface area contributed by atoms with E-state index in [-0.39, 0.29) is 0 Å². The molecular formula is C13H21N3. The van der Waals surface area contributed by atoms with Crippen LogP contribution in [-0.4, -0.2) is 22.5 Å². The van der Waals surface area contributed by atoms with Gasteiger partial charge in [-0.15, -0.1) is 0 Å². The number of hydrogen-bond donors (Lipinski definition) is 1. The van der Waals surface area contributed by atoms with Crippen molar-refractivity contribution in [3.05, 3.63) is 24.0 Å². The zero-order chi connectivity index (χ0) is 11.5. The monoisotopic (exact) mass is 219 g/mol. The van der Waals surface area contributed by atoms with Crippen molar-refractivity contribution in [1.29, 1.82) is 0 Å². The number of rotatable bonds is 3. The summed E-state index contributed by atoms with van der Waals surface area (Å²) < 4.78 is 0. The molecule has 1 aliphatic heterocycles. The SMILES string of the molecule is CC(C)C1CCCN1Cc1ncccc1N. The lowest BCUT2D eigenvalue weighted by molar-refractivity contribution is 0.197. The van der Waals surface area contributed by atoms with Gasteiger partial charge in [-0.1, -0.05) is 13.8 Å². The average molecular weight is 219 g/mol. The molecular weight excluding hydrogens is 198 g/mol. The second-order valence-corrected chi connectivity index (χ2v) is 4.96. The zero-order valence-electron chi connectivity index (χ0n) is 10.2. The van der Waals surface area contributed by atoms with Crippen molar-refractivity contribution in [2.45, 2.75) is 39.3 Å². The fourth-order valence-electron chi connectivity index (χ4n) is 2.58. The number of likely N-dealkylation sites (tertiary alicyclic amines) is 1. The molecule has 88 valence electrons. The van der Waals surface area contributed by atoms with Gasteiger partial charge in [0.05, 0.1) is 11.4 Å². The van der Waals surface area contributed by atoms with Gasteiger partial charge in [0.15, 0.2) is 0 Å². The first-order valence-electron chi connectivity index (χ1n) is 6.12. The molecule has 0 aliphatic carbocycles. The summed E-state index contributed by atoms with van der Waals surface area (Å²) in [5.74, 6) is 0.715. The maximum Gasteiger partial charge on any atom is 0.0772 e. The molecule has 0 saturated carbocycles. The van der Waals surface area contributed by atoms with Gasteiger partial charge in [-0.2, -0.15) is 0 Å². The summed E-state index contributed by atoms with van der Waals surface area (Å²) in [6, 6.07) is 4.52. The first kappa shape index (κ1) is 11.4. The summed E-state index contributed by atoms with van der Waals surface area (Å²) in [6.07, 6.45) is 4.44.